The Kier molecular flexibility index (Phi) is 5.52. The molecule has 2 fully saturated rings. The number of aliphatic hydroxyl groups is 1. The Labute approximate surface area is 181 Å². The number of fused-ring (bicyclic) bond motifs is 1. The highest BCUT2D eigenvalue weighted by Crippen LogP contribution is 2.26. The summed E-state index contributed by atoms with van der Waals surface area (Å²) in [5.41, 5.74) is 7.02. The fourth-order valence-electron chi connectivity index (χ4n) is 4.55. The number of piperazine rings is 1. The van der Waals surface area contributed by atoms with Crippen molar-refractivity contribution in [3.05, 3.63) is 42.5 Å². The van der Waals surface area contributed by atoms with E-state index in [1.165, 1.54) is 0 Å². The van der Waals surface area contributed by atoms with Crippen LogP contribution < -0.4 is 15.5 Å². The Morgan fingerprint density at radius 2 is 1.81 bits per heavy atom. The molecule has 0 bridgehead atoms. The molecule has 0 amide bonds. The van der Waals surface area contributed by atoms with Crippen LogP contribution in [0.25, 0.3) is 10.9 Å². The van der Waals surface area contributed by atoms with Crippen molar-refractivity contribution in [2.45, 2.75) is 25.4 Å². The summed E-state index contributed by atoms with van der Waals surface area (Å²) >= 11 is 0. The highest BCUT2D eigenvalue weighted by atomic mass is 16.3. The zero-order valence-corrected chi connectivity index (χ0v) is 17.6. The lowest BCUT2D eigenvalue weighted by molar-refractivity contribution is 0.244. The van der Waals surface area contributed by atoms with Crippen molar-refractivity contribution in [1.82, 2.24) is 24.8 Å². The summed E-state index contributed by atoms with van der Waals surface area (Å²) in [4.78, 5) is 25.0. The van der Waals surface area contributed by atoms with Crippen molar-refractivity contribution in [2.75, 3.05) is 54.9 Å². The van der Waals surface area contributed by atoms with Crippen LogP contribution in [-0.2, 0) is 6.54 Å². The molecule has 2 aliphatic heterocycles. The summed E-state index contributed by atoms with van der Waals surface area (Å²) in [5.74, 6) is 3.15. The maximum absolute atomic E-state index is 9.62. The molecule has 2 aromatic heterocycles. The number of nitrogen functional groups attached to an aromatic ring is 1. The van der Waals surface area contributed by atoms with Gasteiger partial charge in [-0.05, 0) is 25.0 Å². The van der Waals surface area contributed by atoms with Gasteiger partial charge in [-0.25, -0.2) is 19.9 Å². The number of aliphatic hydroxyl groups excluding tert-OH is 1. The molecule has 2 aliphatic rings. The maximum Gasteiger partial charge on any atom is 0.145 e. The first-order valence-electron chi connectivity index (χ1n) is 10.9. The molecule has 162 valence electrons. The van der Waals surface area contributed by atoms with Gasteiger partial charge in [-0.2, -0.15) is 0 Å². The lowest BCUT2D eigenvalue weighted by Crippen LogP contribution is -2.46. The van der Waals surface area contributed by atoms with E-state index in [4.69, 9.17) is 5.73 Å². The van der Waals surface area contributed by atoms with Crippen LogP contribution in [0, 0.1) is 0 Å². The molecular formula is C22H28N8O. The Morgan fingerprint density at radius 1 is 1.00 bits per heavy atom. The van der Waals surface area contributed by atoms with Crippen molar-refractivity contribution < 1.29 is 5.11 Å². The first-order valence-corrected chi connectivity index (χ1v) is 10.9. The van der Waals surface area contributed by atoms with Crippen LogP contribution in [0.1, 0.15) is 18.7 Å². The van der Waals surface area contributed by atoms with Gasteiger partial charge in [-0.1, -0.05) is 12.1 Å². The third-order valence-corrected chi connectivity index (χ3v) is 6.26. The summed E-state index contributed by atoms with van der Waals surface area (Å²) in [5, 5.41) is 10.5. The lowest BCUT2D eigenvalue weighted by Gasteiger charge is -2.35. The molecule has 1 unspecified atom stereocenters. The highest BCUT2D eigenvalue weighted by Gasteiger charge is 2.26. The molecule has 0 radical (unpaired) electrons. The lowest BCUT2D eigenvalue weighted by atomic mass is 10.2. The van der Waals surface area contributed by atoms with Crippen LogP contribution in [0.5, 0.6) is 0 Å². The number of hydrogen-bond acceptors (Lipinski definition) is 9. The van der Waals surface area contributed by atoms with Gasteiger partial charge in [0.15, 0.2) is 0 Å². The fourth-order valence-corrected chi connectivity index (χ4v) is 4.55. The predicted octanol–water partition coefficient (Wildman–Crippen LogP) is 1.29. The first-order chi connectivity index (χ1) is 15.2. The third kappa shape index (κ3) is 4.11. The number of para-hydroxylation sites is 1. The number of rotatable bonds is 5. The molecule has 9 nitrogen and oxygen atoms in total. The number of hydrogen-bond donors (Lipinski definition) is 2. The van der Waals surface area contributed by atoms with Gasteiger partial charge >= 0.3 is 0 Å². The Hall–Kier alpha value is -3.04. The van der Waals surface area contributed by atoms with Gasteiger partial charge in [0, 0.05) is 44.2 Å². The largest absolute Gasteiger partial charge is 0.394 e. The number of anilines is 3. The van der Waals surface area contributed by atoms with Crippen molar-refractivity contribution >= 4 is 28.4 Å². The number of benzene rings is 1. The average molecular weight is 421 g/mol. The van der Waals surface area contributed by atoms with E-state index in [0.717, 1.165) is 73.9 Å². The molecule has 0 spiro atoms. The van der Waals surface area contributed by atoms with Crippen LogP contribution >= 0.6 is 0 Å². The standard InChI is InChI=1S/C22H28N8O/c23-22-17-5-1-2-6-18(17)26-19(27-22)13-28-8-10-29(11-9-28)20-12-21(25-15-24-20)30-7-3-4-16(30)14-31/h1-2,5-6,12,15-16,31H,3-4,7-11,13-14H2,(H2,23,26,27). The molecular weight excluding hydrogens is 392 g/mol. The second-order valence-corrected chi connectivity index (χ2v) is 8.21. The van der Waals surface area contributed by atoms with E-state index >= 15 is 0 Å². The van der Waals surface area contributed by atoms with Crippen molar-refractivity contribution in [1.29, 1.82) is 0 Å². The van der Waals surface area contributed by atoms with Crippen LogP contribution in [-0.4, -0.2) is 75.3 Å². The highest BCUT2D eigenvalue weighted by molar-refractivity contribution is 5.87. The van der Waals surface area contributed by atoms with Gasteiger partial charge in [0.1, 0.15) is 29.6 Å². The average Bonchev–Trinajstić information content (AvgIpc) is 3.29. The fraction of sp³-hybridized carbons (Fsp3) is 0.455. The normalized spacial score (nSPS) is 20.0. The molecule has 3 aromatic rings. The zero-order valence-electron chi connectivity index (χ0n) is 17.6. The molecule has 4 heterocycles. The van der Waals surface area contributed by atoms with E-state index < -0.39 is 0 Å². The molecule has 0 aliphatic carbocycles. The van der Waals surface area contributed by atoms with Crippen LogP contribution in [0.3, 0.4) is 0 Å². The van der Waals surface area contributed by atoms with Crippen molar-refractivity contribution in [3.63, 3.8) is 0 Å². The smallest absolute Gasteiger partial charge is 0.145 e. The third-order valence-electron chi connectivity index (χ3n) is 6.26. The minimum atomic E-state index is 0.161. The van der Waals surface area contributed by atoms with Crippen LogP contribution in [0.15, 0.2) is 36.7 Å². The summed E-state index contributed by atoms with van der Waals surface area (Å²) in [6.45, 7) is 5.34. The van der Waals surface area contributed by atoms with E-state index in [2.05, 4.69) is 40.7 Å². The van der Waals surface area contributed by atoms with Gasteiger partial charge in [-0.15, -0.1) is 0 Å². The van der Waals surface area contributed by atoms with Gasteiger partial charge in [0.05, 0.1) is 24.7 Å². The Morgan fingerprint density at radius 3 is 2.65 bits per heavy atom. The minimum Gasteiger partial charge on any atom is -0.394 e. The quantitative estimate of drug-likeness (QED) is 0.631. The molecule has 0 saturated carbocycles. The van der Waals surface area contributed by atoms with Crippen LogP contribution in [0.2, 0.25) is 0 Å². The molecule has 3 N–H and O–H groups in total. The SMILES string of the molecule is Nc1nc(CN2CCN(c3cc(N4CCCC4CO)ncn3)CC2)nc2ccccc12. The number of nitrogens with zero attached hydrogens (tertiary/aromatic N) is 7. The van der Waals surface area contributed by atoms with Gasteiger partial charge in [-0.3, -0.25) is 4.90 Å². The van der Waals surface area contributed by atoms with Crippen LogP contribution in [0.4, 0.5) is 17.5 Å². The topological polar surface area (TPSA) is 108 Å². The number of aromatic nitrogens is 4. The molecule has 1 aromatic carbocycles. The van der Waals surface area contributed by atoms with Crippen molar-refractivity contribution in [3.8, 4) is 0 Å². The molecule has 31 heavy (non-hydrogen) atoms. The zero-order chi connectivity index (χ0) is 21.2. The van der Waals surface area contributed by atoms with Crippen molar-refractivity contribution in [2.24, 2.45) is 0 Å². The van der Waals surface area contributed by atoms with E-state index in [-0.39, 0.29) is 12.6 Å². The van der Waals surface area contributed by atoms with E-state index in [9.17, 15) is 5.11 Å². The first kappa shape index (κ1) is 19.9. The molecule has 5 rings (SSSR count). The molecule has 1 atom stereocenters. The maximum atomic E-state index is 9.62. The van der Waals surface area contributed by atoms with Gasteiger partial charge in [0.2, 0.25) is 0 Å². The molecule has 2 saturated heterocycles. The summed E-state index contributed by atoms with van der Waals surface area (Å²) < 4.78 is 0. The van der Waals surface area contributed by atoms with Gasteiger partial charge in [0.25, 0.3) is 0 Å². The Balaban J connectivity index is 1.23. The van der Waals surface area contributed by atoms with Gasteiger partial charge < -0.3 is 20.6 Å². The minimum absolute atomic E-state index is 0.161. The Bertz CT molecular complexity index is 1050. The monoisotopic (exact) mass is 420 g/mol. The molecule has 9 heteroatoms. The summed E-state index contributed by atoms with van der Waals surface area (Å²) in [6, 6.07) is 10.1. The number of nitrogens with two attached hydrogens (primary N) is 1. The predicted molar refractivity (Wildman–Crippen MR) is 121 cm³/mol. The van der Waals surface area contributed by atoms with E-state index in [0.29, 0.717) is 12.4 Å². The second-order valence-electron chi connectivity index (χ2n) is 8.21. The second kappa shape index (κ2) is 8.60. The van der Waals surface area contributed by atoms with E-state index in [1.807, 2.05) is 24.3 Å². The van der Waals surface area contributed by atoms with E-state index in [1.54, 1.807) is 6.33 Å². The summed E-state index contributed by atoms with van der Waals surface area (Å²) in [7, 11) is 0. The summed E-state index contributed by atoms with van der Waals surface area (Å²) in [6.07, 6.45) is 3.73.